The summed E-state index contributed by atoms with van der Waals surface area (Å²) >= 11 is 0. The van der Waals surface area contributed by atoms with E-state index in [0.29, 0.717) is 5.92 Å². The quantitative estimate of drug-likeness (QED) is 0.530. The highest BCUT2D eigenvalue weighted by molar-refractivity contribution is 5.75. The number of carbonyl (C=O) groups is 1. The third-order valence-electron chi connectivity index (χ3n) is 5.68. The first-order valence-corrected chi connectivity index (χ1v) is 7.01. The molecule has 0 aromatic rings. The molecule has 6 atom stereocenters. The topological polar surface area (TPSA) is 46.5 Å². The molecule has 3 fully saturated rings. The highest BCUT2D eigenvalue weighted by Crippen LogP contribution is 2.57. The summed E-state index contributed by atoms with van der Waals surface area (Å²) in [5.74, 6) is 0.403. The molecule has 3 aliphatic rings. The first kappa shape index (κ1) is 12.2. The Bertz CT molecular complexity index is 403. The number of ether oxygens (including phenoxy) is 1. The van der Waals surface area contributed by atoms with Crippen molar-refractivity contribution in [2.24, 2.45) is 23.2 Å². The molecule has 0 radical (unpaired) electrons. The molecule has 0 aromatic heterocycles. The zero-order valence-electron chi connectivity index (χ0n) is 11.2. The Balaban J connectivity index is 1.98. The Morgan fingerprint density at radius 3 is 2.89 bits per heavy atom. The fourth-order valence-corrected chi connectivity index (χ4v) is 4.41. The third kappa shape index (κ3) is 1.43. The van der Waals surface area contributed by atoms with Gasteiger partial charge < -0.3 is 9.84 Å². The number of hydrogen-bond donors (Lipinski definition) is 1. The summed E-state index contributed by atoms with van der Waals surface area (Å²) in [7, 11) is 0. The average molecular weight is 250 g/mol. The number of hydrogen-bond acceptors (Lipinski definition) is 3. The molecule has 3 heteroatoms. The lowest BCUT2D eigenvalue weighted by Gasteiger charge is -2.52. The van der Waals surface area contributed by atoms with Crippen molar-refractivity contribution < 1.29 is 14.6 Å². The Morgan fingerprint density at radius 2 is 2.17 bits per heavy atom. The van der Waals surface area contributed by atoms with Crippen molar-refractivity contribution in [2.45, 2.75) is 51.7 Å². The van der Waals surface area contributed by atoms with Crippen LogP contribution in [0.25, 0.3) is 0 Å². The molecule has 2 aliphatic carbocycles. The predicted octanol–water partition coefficient (Wildman–Crippen LogP) is 2.29. The molecule has 2 saturated carbocycles. The predicted molar refractivity (Wildman–Crippen MR) is 67.7 cm³/mol. The highest BCUT2D eigenvalue weighted by Gasteiger charge is 2.58. The van der Waals surface area contributed by atoms with Crippen LogP contribution in [0.4, 0.5) is 0 Å². The van der Waals surface area contributed by atoms with E-state index in [9.17, 15) is 9.90 Å². The van der Waals surface area contributed by atoms with E-state index in [0.717, 1.165) is 25.7 Å². The van der Waals surface area contributed by atoms with E-state index in [2.05, 4.69) is 13.5 Å². The Kier molecular flexibility index (Phi) is 2.60. The molecule has 0 amide bonds. The molecule has 1 N–H and O–H groups in total. The fourth-order valence-electron chi connectivity index (χ4n) is 4.41. The van der Waals surface area contributed by atoms with Crippen molar-refractivity contribution in [2.75, 3.05) is 0 Å². The summed E-state index contributed by atoms with van der Waals surface area (Å²) in [6.07, 6.45) is 3.27. The van der Waals surface area contributed by atoms with E-state index in [1.807, 2.05) is 6.92 Å². The number of aliphatic hydroxyl groups excluding tert-OH is 1. The monoisotopic (exact) mass is 250 g/mol. The van der Waals surface area contributed by atoms with Crippen LogP contribution in [-0.4, -0.2) is 23.3 Å². The number of fused-ring (bicyclic) bond motifs is 3. The fraction of sp³-hybridized carbons (Fsp3) is 0.800. The van der Waals surface area contributed by atoms with Gasteiger partial charge in [0.05, 0.1) is 12.0 Å². The van der Waals surface area contributed by atoms with Crippen LogP contribution in [-0.2, 0) is 9.53 Å². The van der Waals surface area contributed by atoms with Crippen LogP contribution in [0, 0.1) is 23.2 Å². The SMILES string of the molecule is C=C1CC[C@H](O)[C@@]2(C)CC[C@H]3C(C)C(=O)O[C@H]3[C@H]12. The highest BCUT2D eigenvalue weighted by atomic mass is 16.6. The molecule has 1 aliphatic heterocycles. The van der Waals surface area contributed by atoms with E-state index in [4.69, 9.17) is 4.74 Å². The second kappa shape index (κ2) is 3.83. The van der Waals surface area contributed by atoms with Gasteiger partial charge in [-0.3, -0.25) is 4.79 Å². The van der Waals surface area contributed by atoms with Crippen LogP contribution in [0.2, 0.25) is 0 Å². The number of rotatable bonds is 0. The summed E-state index contributed by atoms with van der Waals surface area (Å²) < 4.78 is 5.62. The smallest absolute Gasteiger partial charge is 0.309 e. The lowest BCUT2D eigenvalue weighted by Crippen LogP contribution is -2.53. The van der Waals surface area contributed by atoms with Crippen LogP contribution in [0.1, 0.15) is 39.5 Å². The maximum Gasteiger partial charge on any atom is 0.309 e. The maximum atomic E-state index is 11.8. The maximum absolute atomic E-state index is 11.8. The summed E-state index contributed by atoms with van der Waals surface area (Å²) in [6.45, 7) is 8.29. The summed E-state index contributed by atoms with van der Waals surface area (Å²) in [6, 6.07) is 0. The molecular weight excluding hydrogens is 228 g/mol. The summed E-state index contributed by atoms with van der Waals surface area (Å²) in [4.78, 5) is 11.8. The van der Waals surface area contributed by atoms with Crippen molar-refractivity contribution in [3.05, 3.63) is 12.2 Å². The van der Waals surface area contributed by atoms with Crippen molar-refractivity contribution >= 4 is 5.97 Å². The van der Waals surface area contributed by atoms with Gasteiger partial charge in [-0.05, 0) is 25.7 Å². The molecular formula is C15H22O3. The van der Waals surface area contributed by atoms with E-state index < -0.39 is 0 Å². The van der Waals surface area contributed by atoms with E-state index in [-0.39, 0.29) is 35.4 Å². The Hall–Kier alpha value is -0.830. The second-order valence-corrected chi connectivity index (χ2v) is 6.59. The zero-order chi connectivity index (χ0) is 13.1. The van der Waals surface area contributed by atoms with Gasteiger partial charge in [0.1, 0.15) is 6.10 Å². The second-order valence-electron chi connectivity index (χ2n) is 6.59. The molecule has 1 unspecified atom stereocenters. The molecule has 1 saturated heterocycles. The first-order valence-electron chi connectivity index (χ1n) is 7.01. The van der Waals surface area contributed by atoms with E-state index in [1.54, 1.807) is 0 Å². The standard InChI is InChI=1S/C15H22O3/c1-8-4-5-11(16)15(3)7-6-10-9(2)14(17)18-13(10)12(8)15/h9-13,16H,1,4-7H2,2-3H3/t9?,10-,11-,12-,13+,15+/m0/s1. The number of esters is 1. The van der Waals surface area contributed by atoms with Crippen LogP contribution < -0.4 is 0 Å². The molecule has 0 aromatic carbocycles. The van der Waals surface area contributed by atoms with Gasteiger partial charge in [0.15, 0.2) is 0 Å². The van der Waals surface area contributed by atoms with Crippen molar-refractivity contribution in [3.8, 4) is 0 Å². The average Bonchev–Trinajstić information content (AvgIpc) is 2.60. The normalized spacial score (nSPS) is 51.6. The molecule has 1 heterocycles. The largest absolute Gasteiger partial charge is 0.461 e. The Labute approximate surface area is 108 Å². The van der Waals surface area contributed by atoms with Gasteiger partial charge in [-0.15, -0.1) is 0 Å². The van der Waals surface area contributed by atoms with Crippen LogP contribution in [0.3, 0.4) is 0 Å². The lowest BCUT2D eigenvalue weighted by atomic mass is 9.54. The number of aliphatic hydroxyl groups is 1. The van der Waals surface area contributed by atoms with Gasteiger partial charge in [0, 0.05) is 17.3 Å². The Morgan fingerprint density at radius 1 is 1.44 bits per heavy atom. The minimum Gasteiger partial charge on any atom is -0.461 e. The van der Waals surface area contributed by atoms with Gasteiger partial charge >= 0.3 is 5.97 Å². The molecule has 100 valence electrons. The van der Waals surface area contributed by atoms with Crippen molar-refractivity contribution in [1.82, 2.24) is 0 Å². The number of carbonyl (C=O) groups excluding carboxylic acids is 1. The van der Waals surface area contributed by atoms with Crippen molar-refractivity contribution in [1.29, 1.82) is 0 Å². The minimum atomic E-state index is -0.288. The minimum absolute atomic E-state index is 0.00594. The van der Waals surface area contributed by atoms with Gasteiger partial charge in [-0.1, -0.05) is 26.0 Å². The van der Waals surface area contributed by atoms with Crippen LogP contribution >= 0.6 is 0 Å². The van der Waals surface area contributed by atoms with Gasteiger partial charge in [0.25, 0.3) is 0 Å². The van der Waals surface area contributed by atoms with Crippen molar-refractivity contribution in [3.63, 3.8) is 0 Å². The molecule has 3 nitrogen and oxygen atoms in total. The molecule has 18 heavy (non-hydrogen) atoms. The van der Waals surface area contributed by atoms with Gasteiger partial charge in [-0.25, -0.2) is 0 Å². The molecule has 0 spiro atoms. The van der Waals surface area contributed by atoms with E-state index in [1.165, 1.54) is 5.57 Å². The van der Waals surface area contributed by atoms with Gasteiger partial charge in [-0.2, -0.15) is 0 Å². The van der Waals surface area contributed by atoms with Gasteiger partial charge in [0.2, 0.25) is 0 Å². The van der Waals surface area contributed by atoms with E-state index >= 15 is 0 Å². The molecule has 3 rings (SSSR count). The van der Waals surface area contributed by atoms with Crippen LogP contribution in [0.5, 0.6) is 0 Å². The molecule has 0 bridgehead atoms. The third-order valence-corrected chi connectivity index (χ3v) is 5.68. The summed E-state index contributed by atoms with van der Waals surface area (Å²) in [5, 5.41) is 10.4. The van der Waals surface area contributed by atoms with Crippen LogP contribution in [0.15, 0.2) is 12.2 Å². The first-order chi connectivity index (χ1) is 8.45. The lowest BCUT2D eigenvalue weighted by molar-refractivity contribution is -0.152. The zero-order valence-corrected chi connectivity index (χ0v) is 11.2. The summed E-state index contributed by atoms with van der Waals surface area (Å²) in [5.41, 5.74) is 1.01.